The van der Waals surface area contributed by atoms with Gasteiger partial charge in [0.2, 0.25) is 5.91 Å². The number of hydrogen-bond donors (Lipinski definition) is 1. The summed E-state index contributed by atoms with van der Waals surface area (Å²) in [7, 11) is 0. The highest BCUT2D eigenvalue weighted by Crippen LogP contribution is 2.17. The van der Waals surface area contributed by atoms with E-state index in [1.165, 1.54) is 0 Å². The van der Waals surface area contributed by atoms with Gasteiger partial charge in [-0.1, -0.05) is 29.8 Å². The zero-order valence-corrected chi connectivity index (χ0v) is 12.4. The molecule has 0 aliphatic rings. The Bertz CT molecular complexity index is 592. The molecule has 1 aromatic heterocycles. The maximum absolute atomic E-state index is 12.0. The van der Waals surface area contributed by atoms with Crippen molar-refractivity contribution in [2.75, 3.05) is 5.32 Å². The van der Waals surface area contributed by atoms with Crippen LogP contribution in [0.5, 0.6) is 0 Å². The van der Waals surface area contributed by atoms with Crippen LogP contribution in [0.2, 0.25) is 5.02 Å². The van der Waals surface area contributed by atoms with Gasteiger partial charge in [-0.2, -0.15) is 5.10 Å². The number of hydrogen-bond acceptors (Lipinski definition) is 2. The first-order valence-corrected chi connectivity index (χ1v) is 7.02. The lowest BCUT2D eigenvalue weighted by molar-refractivity contribution is -0.116. The zero-order chi connectivity index (χ0) is 14.5. The minimum atomic E-state index is -0.0349. The van der Waals surface area contributed by atoms with Gasteiger partial charge in [-0.25, -0.2) is 4.68 Å². The lowest BCUT2D eigenvalue weighted by Crippen LogP contribution is -2.17. The molecule has 0 bridgehead atoms. The van der Waals surface area contributed by atoms with Gasteiger partial charge < -0.3 is 5.32 Å². The summed E-state index contributed by atoms with van der Waals surface area (Å²) in [5.74, 6) is 0.691. The number of nitrogens with zero attached hydrogens (tertiary/aromatic N) is 2. The maximum atomic E-state index is 12.0. The Morgan fingerprint density at radius 2 is 2.10 bits per heavy atom. The highest BCUT2D eigenvalue weighted by Gasteiger charge is 2.10. The van der Waals surface area contributed by atoms with Crippen LogP contribution in [-0.4, -0.2) is 15.7 Å². The fraction of sp³-hybridized carbons (Fsp3) is 0.333. The van der Waals surface area contributed by atoms with Crippen LogP contribution in [0.1, 0.15) is 31.9 Å². The molecule has 0 aliphatic heterocycles. The number of carbonyl (C=O) groups is 1. The van der Waals surface area contributed by atoms with Gasteiger partial charge in [0, 0.05) is 23.6 Å². The van der Waals surface area contributed by atoms with E-state index in [9.17, 15) is 4.79 Å². The van der Waals surface area contributed by atoms with Crippen LogP contribution in [-0.2, 0) is 11.2 Å². The predicted octanol–water partition coefficient (Wildman–Crippen LogP) is 3.69. The van der Waals surface area contributed by atoms with Crippen molar-refractivity contribution in [3.05, 3.63) is 47.1 Å². The summed E-state index contributed by atoms with van der Waals surface area (Å²) in [4.78, 5) is 12.0. The molecule has 0 spiro atoms. The van der Waals surface area contributed by atoms with Crippen molar-refractivity contribution < 1.29 is 4.79 Å². The van der Waals surface area contributed by atoms with Crippen molar-refractivity contribution in [1.82, 2.24) is 9.78 Å². The van der Waals surface area contributed by atoms with Crippen molar-refractivity contribution in [3.8, 4) is 0 Å². The van der Waals surface area contributed by atoms with Crippen molar-refractivity contribution in [2.24, 2.45) is 0 Å². The molecule has 5 heteroatoms. The second-order valence-electron chi connectivity index (χ2n) is 4.89. The summed E-state index contributed by atoms with van der Waals surface area (Å²) in [5, 5.41) is 7.76. The van der Waals surface area contributed by atoms with Crippen molar-refractivity contribution in [1.29, 1.82) is 0 Å². The SMILES string of the molecule is CC(C)n1nccc1NC(=O)CCc1ccccc1Cl. The highest BCUT2D eigenvalue weighted by atomic mass is 35.5. The van der Waals surface area contributed by atoms with E-state index in [4.69, 9.17) is 11.6 Å². The molecular weight excluding hydrogens is 274 g/mol. The second kappa shape index (κ2) is 6.57. The minimum Gasteiger partial charge on any atom is -0.311 e. The summed E-state index contributed by atoms with van der Waals surface area (Å²) in [6.07, 6.45) is 2.71. The molecule has 0 radical (unpaired) electrons. The van der Waals surface area contributed by atoms with E-state index in [0.29, 0.717) is 17.9 Å². The summed E-state index contributed by atoms with van der Waals surface area (Å²) >= 11 is 6.07. The summed E-state index contributed by atoms with van der Waals surface area (Å²) < 4.78 is 1.79. The zero-order valence-electron chi connectivity index (χ0n) is 11.6. The molecule has 0 fully saturated rings. The molecule has 1 heterocycles. The molecule has 2 rings (SSSR count). The van der Waals surface area contributed by atoms with Crippen molar-refractivity contribution in [2.45, 2.75) is 32.7 Å². The van der Waals surface area contributed by atoms with E-state index >= 15 is 0 Å². The number of carbonyl (C=O) groups excluding carboxylic acids is 1. The number of benzene rings is 1. The molecular formula is C15H18ClN3O. The van der Waals surface area contributed by atoms with Crippen LogP contribution in [0, 0.1) is 0 Å². The minimum absolute atomic E-state index is 0.0349. The third-order valence-corrected chi connectivity index (χ3v) is 3.37. The summed E-state index contributed by atoms with van der Waals surface area (Å²) in [6.45, 7) is 4.04. The molecule has 1 N–H and O–H groups in total. The monoisotopic (exact) mass is 291 g/mol. The number of nitrogens with one attached hydrogen (secondary N) is 1. The number of aryl methyl sites for hydroxylation is 1. The quantitative estimate of drug-likeness (QED) is 0.913. The Morgan fingerprint density at radius 1 is 1.35 bits per heavy atom. The lowest BCUT2D eigenvalue weighted by atomic mass is 10.1. The molecule has 106 valence electrons. The topological polar surface area (TPSA) is 46.9 Å². The Labute approximate surface area is 123 Å². The fourth-order valence-corrected chi connectivity index (χ4v) is 2.21. The molecule has 0 atom stereocenters. The molecule has 20 heavy (non-hydrogen) atoms. The Kier molecular flexibility index (Phi) is 4.79. The normalized spacial score (nSPS) is 10.8. The molecule has 0 unspecified atom stereocenters. The Balaban J connectivity index is 1.93. The first-order chi connectivity index (χ1) is 9.58. The largest absolute Gasteiger partial charge is 0.311 e. The van der Waals surface area contributed by atoms with Crippen LogP contribution in [0.4, 0.5) is 5.82 Å². The van der Waals surface area contributed by atoms with Gasteiger partial charge in [0.15, 0.2) is 0 Å². The molecule has 0 aliphatic carbocycles. The number of aromatic nitrogens is 2. The molecule has 0 saturated carbocycles. The number of rotatable bonds is 5. The van der Waals surface area contributed by atoms with Crippen molar-refractivity contribution >= 4 is 23.3 Å². The van der Waals surface area contributed by atoms with Gasteiger partial charge in [0.25, 0.3) is 0 Å². The van der Waals surface area contributed by atoms with Crippen molar-refractivity contribution in [3.63, 3.8) is 0 Å². The Morgan fingerprint density at radius 3 is 2.80 bits per heavy atom. The van der Waals surface area contributed by atoms with E-state index < -0.39 is 0 Å². The van der Waals surface area contributed by atoms with Gasteiger partial charge in [-0.15, -0.1) is 0 Å². The number of anilines is 1. The van der Waals surface area contributed by atoms with E-state index in [1.807, 2.05) is 38.1 Å². The molecule has 2 aromatic rings. The Hall–Kier alpha value is -1.81. The van der Waals surface area contributed by atoms with E-state index in [-0.39, 0.29) is 11.9 Å². The average Bonchev–Trinajstić information content (AvgIpc) is 2.86. The van der Waals surface area contributed by atoms with Crippen LogP contribution >= 0.6 is 11.6 Å². The van der Waals surface area contributed by atoms with Gasteiger partial charge in [-0.05, 0) is 31.9 Å². The standard InChI is InChI=1S/C15H18ClN3O/c1-11(2)19-14(9-10-17-19)18-15(20)8-7-12-5-3-4-6-13(12)16/h3-6,9-11H,7-8H2,1-2H3,(H,18,20). The molecule has 4 nitrogen and oxygen atoms in total. The third-order valence-electron chi connectivity index (χ3n) is 3.01. The molecule has 1 aromatic carbocycles. The van der Waals surface area contributed by atoms with Gasteiger partial charge in [-0.3, -0.25) is 4.79 Å². The van der Waals surface area contributed by atoms with E-state index in [1.54, 1.807) is 16.9 Å². The van der Waals surface area contributed by atoms with E-state index in [0.717, 1.165) is 11.4 Å². The number of halogens is 1. The fourth-order valence-electron chi connectivity index (χ4n) is 1.98. The van der Waals surface area contributed by atoms with Crippen LogP contribution in [0.25, 0.3) is 0 Å². The smallest absolute Gasteiger partial charge is 0.225 e. The van der Waals surface area contributed by atoms with Gasteiger partial charge in [0.05, 0.1) is 6.20 Å². The highest BCUT2D eigenvalue weighted by molar-refractivity contribution is 6.31. The lowest BCUT2D eigenvalue weighted by Gasteiger charge is -2.11. The third kappa shape index (κ3) is 3.61. The van der Waals surface area contributed by atoms with E-state index in [2.05, 4.69) is 10.4 Å². The molecule has 1 amide bonds. The van der Waals surface area contributed by atoms with Gasteiger partial charge in [0.1, 0.15) is 5.82 Å². The second-order valence-corrected chi connectivity index (χ2v) is 5.30. The van der Waals surface area contributed by atoms with Crippen LogP contribution < -0.4 is 5.32 Å². The first kappa shape index (κ1) is 14.6. The van der Waals surface area contributed by atoms with Gasteiger partial charge >= 0.3 is 0 Å². The predicted molar refractivity (Wildman–Crippen MR) is 81.0 cm³/mol. The average molecular weight is 292 g/mol. The number of amides is 1. The summed E-state index contributed by atoms with van der Waals surface area (Å²) in [6, 6.07) is 9.59. The molecule has 0 saturated heterocycles. The van der Waals surface area contributed by atoms with Crippen LogP contribution in [0.15, 0.2) is 36.5 Å². The van der Waals surface area contributed by atoms with Crippen LogP contribution in [0.3, 0.4) is 0 Å². The first-order valence-electron chi connectivity index (χ1n) is 6.64. The summed E-state index contributed by atoms with van der Waals surface area (Å²) in [5.41, 5.74) is 0.988. The maximum Gasteiger partial charge on any atom is 0.225 e.